The lowest BCUT2D eigenvalue weighted by molar-refractivity contribution is 0.0144. The van der Waals surface area contributed by atoms with Crippen LogP contribution in [0.4, 0.5) is 4.79 Å². The molecule has 1 aliphatic rings. The van der Waals surface area contributed by atoms with Crippen LogP contribution in [0, 0.1) is 0 Å². The van der Waals surface area contributed by atoms with Crippen molar-refractivity contribution in [2.24, 2.45) is 0 Å². The minimum absolute atomic E-state index is 0.0696. The summed E-state index contributed by atoms with van der Waals surface area (Å²) in [6.07, 6.45) is 1.75. The third-order valence-corrected chi connectivity index (χ3v) is 2.72. The zero-order valence-electron chi connectivity index (χ0n) is 10.7. The first-order valence-corrected chi connectivity index (χ1v) is 6.03. The fourth-order valence-corrected chi connectivity index (χ4v) is 2.03. The number of carbonyl (C=O) groups excluding carboxylic acids is 1. The fraction of sp³-hybridized carbons (Fsp3) is 0.917. The molecule has 1 saturated heterocycles. The van der Waals surface area contributed by atoms with Gasteiger partial charge in [-0.15, -0.1) is 0 Å². The number of aliphatic hydroxyl groups excluding tert-OH is 1. The number of ether oxygens (including phenoxy) is 1. The molecule has 1 N–H and O–H groups in total. The summed E-state index contributed by atoms with van der Waals surface area (Å²) in [5.74, 6) is 0. The lowest BCUT2D eigenvalue weighted by atomic mass is 10.1. The maximum Gasteiger partial charge on any atom is 0.410 e. The highest BCUT2D eigenvalue weighted by Gasteiger charge is 2.37. The molecule has 0 spiro atoms. The predicted octanol–water partition coefficient (Wildman–Crippen LogP) is 2.16. The van der Waals surface area contributed by atoms with Gasteiger partial charge in [0.25, 0.3) is 0 Å². The van der Waals surface area contributed by atoms with Crippen molar-refractivity contribution in [2.45, 2.75) is 64.7 Å². The Morgan fingerprint density at radius 1 is 1.50 bits per heavy atom. The molecule has 1 aliphatic heterocycles. The zero-order chi connectivity index (χ0) is 12.3. The first-order chi connectivity index (χ1) is 7.35. The molecule has 16 heavy (non-hydrogen) atoms. The Balaban J connectivity index is 2.61. The van der Waals surface area contributed by atoms with E-state index < -0.39 is 11.7 Å². The molecule has 0 aromatic carbocycles. The van der Waals surface area contributed by atoms with Gasteiger partial charge in [-0.2, -0.15) is 0 Å². The Kier molecular flexibility index (Phi) is 4.19. The van der Waals surface area contributed by atoms with Gasteiger partial charge in [-0.1, -0.05) is 13.3 Å². The molecule has 1 rings (SSSR count). The van der Waals surface area contributed by atoms with Crippen LogP contribution >= 0.6 is 0 Å². The molecule has 1 heterocycles. The van der Waals surface area contributed by atoms with E-state index in [4.69, 9.17) is 4.74 Å². The van der Waals surface area contributed by atoms with Crippen LogP contribution in [0.25, 0.3) is 0 Å². The van der Waals surface area contributed by atoms with Crippen molar-refractivity contribution in [3.63, 3.8) is 0 Å². The number of hydrogen-bond donors (Lipinski definition) is 1. The summed E-state index contributed by atoms with van der Waals surface area (Å²) in [5.41, 5.74) is -0.471. The van der Waals surface area contributed by atoms with Crippen LogP contribution < -0.4 is 0 Å². The monoisotopic (exact) mass is 229 g/mol. The van der Waals surface area contributed by atoms with Crippen molar-refractivity contribution in [3.05, 3.63) is 0 Å². The average molecular weight is 229 g/mol. The number of amides is 1. The minimum atomic E-state index is -0.471. The summed E-state index contributed by atoms with van der Waals surface area (Å²) in [5, 5.41) is 9.79. The molecule has 4 nitrogen and oxygen atoms in total. The number of aliphatic hydroxyl groups is 1. The minimum Gasteiger partial charge on any atom is -0.444 e. The summed E-state index contributed by atoms with van der Waals surface area (Å²) < 4.78 is 5.32. The van der Waals surface area contributed by atoms with Gasteiger partial charge in [-0.25, -0.2) is 4.79 Å². The maximum absolute atomic E-state index is 11.9. The molecular formula is C12H23NO3. The van der Waals surface area contributed by atoms with Gasteiger partial charge < -0.3 is 14.7 Å². The van der Waals surface area contributed by atoms with Crippen LogP contribution in [0.1, 0.15) is 47.0 Å². The predicted molar refractivity (Wildman–Crippen MR) is 62.3 cm³/mol. The summed E-state index contributed by atoms with van der Waals surface area (Å²) in [4.78, 5) is 13.6. The summed E-state index contributed by atoms with van der Waals surface area (Å²) >= 11 is 0. The summed E-state index contributed by atoms with van der Waals surface area (Å²) in [7, 11) is 0. The number of rotatable bonds is 2. The summed E-state index contributed by atoms with van der Waals surface area (Å²) in [6, 6.07) is -0.0696. The molecule has 1 fully saturated rings. The quantitative estimate of drug-likeness (QED) is 0.789. The van der Waals surface area contributed by atoms with E-state index in [2.05, 4.69) is 6.92 Å². The van der Waals surface area contributed by atoms with E-state index in [1.165, 1.54) is 0 Å². The Bertz CT molecular complexity index is 247. The highest BCUT2D eigenvalue weighted by Crippen LogP contribution is 2.24. The molecule has 0 aromatic rings. The zero-order valence-corrected chi connectivity index (χ0v) is 10.7. The van der Waals surface area contributed by atoms with Crippen LogP contribution in [-0.2, 0) is 4.74 Å². The molecule has 94 valence electrons. The van der Waals surface area contributed by atoms with Crippen molar-refractivity contribution in [1.29, 1.82) is 0 Å². The molecule has 0 aromatic heterocycles. The van der Waals surface area contributed by atoms with E-state index in [0.717, 1.165) is 12.8 Å². The Morgan fingerprint density at radius 3 is 2.62 bits per heavy atom. The van der Waals surface area contributed by atoms with Crippen molar-refractivity contribution >= 4 is 6.09 Å². The van der Waals surface area contributed by atoms with Crippen molar-refractivity contribution in [1.82, 2.24) is 4.90 Å². The van der Waals surface area contributed by atoms with Gasteiger partial charge >= 0.3 is 6.09 Å². The van der Waals surface area contributed by atoms with Crippen molar-refractivity contribution in [3.8, 4) is 0 Å². The normalized spacial score (nSPS) is 25.9. The Hall–Kier alpha value is -0.770. The van der Waals surface area contributed by atoms with Crippen LogP contribution in [-0.4, -0.2) is 40.4 Å². The van der Waals surface area contributed by atoms with Crippen molar-refractivity contribution in [2.75, 3.05) is 6.54 Å². The molecule has 1 amide bonds. The third-order valence-electron chi connectivity index (χ3n) is 2.72. The first kappa shape index (κ1) is 13.3. The van der Waals surface area contributed by atoms with Crippen molar-refractivity contribution < 1.29 is 14.6 Å². The molecular weight excluding hydrogens is 206 g/mol. The standard InChI is InChI=1S/C12H23NO3/c1-5-6-9-10(14)7-8-13(9)11(15)16-12(2,3)4/h9-10,14H,5-8H2,1-4H3. The topological polar surface area (TPSA) is 49.8 Å². The van der Waals surface area contributed by atoms with Gasteiger partial charge in [0.1, 0.15) is 5.60 Å². The SMILES string of the molecule is CCCC1C(O)CCN1C(=O)OC(C)(C)C. The molecule has 4 heteroatoms. The van der Waals surface area contributed by atoms with Gasteiger partial charge in [-0.05, 0) is 33.6 Å². The Morgan fingerprint density at radius 2 is 2.12 bits per heavy atom. The van der Waals surface area contributed by atoms with Gasteiger partial charge in [0.15, 0.2) is 0 Å². The second kappa shape index (κ2) is 5.04. The molecule has 0 radical (unpaired) electrons. The number of nitrogens with zero attached hydrogens (tertiary/aromatic N) is 1. The lowest BCUT2D eigenvalue weighted by Gasteiger charge is -2.29. The average Bonchev–Trinajstić information content (AvgIpc) is 2.46. The fourth-order valence-electron chi connectivity index (χ4n) is 2.03. The Labute approximate surface area is 97.6 Å². The van der Waals surface area contributed by atoms with Gasteiger partial charge in [-0.3, -0.25) is 0 Å². The second-order valence-electron chi connectivity index (χ2n) is 5.39. The van der Waals surface area contributed by atoms with Gasteiger partial charge in [0.2, 0.25) is 0 Å². The number of carbonyl (C=O) groups is 1. The smallest absolute Gasteiger partial charge is 0.410 e. The highest BCUT2D eigenvalue weighted by molar-refractivity contribution is 5.69. The molecule has 0 saturated carbocycles. The second-order valence-corrected chi connectivity index (χ2v) is 5.39. The van der Waals surface area contributed by atoms with E-state index >= 15 is 0 Å². The first-order valence-electron chi connectivity index (χ1n) is 6.03. The van der Waals surface area contributed by atoms with Crippen LogP contribution in [0.3, 0.4) is 0 Å². The largest absolute Gasteiger partial charge is 0.444 e. The molecule has 0 aliphatic carbocycles. The number of likely N-dealkylation sites (tertiary alicyclic amines) is 1. The van der Waals surface area contributed by atoms with Gasteiger partial charge in [0.05, 0.1) is 12.1 Å². The summed E-state index contributed by atoms with van der Waals surface area (Å²) in [6.45, 7) is 8.21. The molecule has 0 bridgehead atoms. The van der Waals surface area contributed by atoms with E-state index in [1.807, 2.05) is 20.8 Å². The highest BCUT2D eigenvalue weighted by atomic mass is 16.6. The van der Waals surface area contributed by atoms with Crippen LogP contribution in [0.15, 0.2) is 0 Å². The van der Waals surface area contributed by atoms with Gasteiger partial charge in [0, 0.05) is 6.54 Å². The van der Waals surface area contributed by atoms with E-state index in [9.17, 15) is 9.90 Å². The van der Waals surface area contributed by atoms with E-state index in [0.29, 0.717) is 13.0 Å². The maximum atomic E-state index is 11.9. The number of hydrogen-bond acceptors (Lipinski definition) is 3. The molecule has 2 atom stereocenters. The van der Waals surface area contributed by atoms with E-state index in [1.54, 1.807) is 4.90 Å². The van der Waals surface area contributed by atoms with E-state index in [-0.39, 0.29) is 12.1 Å². The third kappa shape index (κ3) is 3.37. The molecule has 2 unspecified atom stereocenters. The van der Waals surface area contributed by atoms with Crippen LogP contribution in [0.5, 0.6) is 0 Å². The lowest BCUT2D eigenvalue weighted by Crippen LogP contribution is -2.42. The van der Waals surface area contributed by atoms with Crippen LogP contribution in [0.2, 0.25) is 0 Å².